The summed E-state index contributed by atoms with van der Waals surface area (Å²) in [5, 5.41) is 0. The van der Waals surface area contributed by atoms with Crippen LogP contribution in [0.15, 0.2) is 30.3 Å². The number of rotatable bonds is 9. The van der Waals surface area contributed by atoms with Crippen molar-refractivity contribution in [2.45, 2.75) is 57.9 Å². The highest BCUT2D eigenvalue weighted by Gasteiger charge is 2.50. The third-order valence-corrected chi connectivity index (χ3v) is 6.20. The van der Waals surface area contributed by atoms with E-state index < -0.39 is 10.5 Å². The van der Waals surface area contributed by atoms with Crippen molar-refractivity contribution in [1.29, 1.82) is 0 Å². The van der Waals surface area contributed by atoms with Gasteiger partial charge in [-0.3, -0.25) is 9.59 Å². The highest BCUT2D eigenvalue weighted by atomic mass is 32.1. The molecule has 0 aromatic heterocycles. The second kappa shape index (κ2) is 11.0. The minimum Gasteiger partial charge on any atom is -0.426 e. The topological polar surface area (TPSA) is 59.1 Å². The first-order valence-corrected chi connectivity index (χ1v) is 11.9. The van der Waals surface area contributed by atoms with Crippen LogP contribution in [-0.4, -0.2) is 65.9 Å². The number of piperidine rings is 1. The molecule has 1 heterocycles. The SMILES string of the molecule is CC(C)C1CN(C(=O)CC(C)(C)S)C(C)(OCCN(C)C)CC1C(=O)Oc1ccccc1. The number of likely N-dealkylation sites (tertiary alicyclic amines) is 1. The fourth-order valence-electron chi connectivity index (χ4n) is 4.23. The van der Waals surface area contributed by atoms with Crippen LogP contribution in [0.4, 0.5) is 0 Å². The minimum atomic E-state index is -0.891. The van der Waals surface area contributed by atoms with Crippen molar-refractivity contribution in [1.82, 2.24) is 9.80 Å². The van der Waals surface area contributed by atoms with Gasteiger partial charge in [-0.05, 0) is 45.0 Å². The zero-order valence-electron chi connectivity index (χ0n) is 20.6. The summed E-state index contributed by atoms with van der Waals surface area (Å²) in [6.07, 6.45) is 0.695. The number of benzene rings is 1. The Hall–Kier alpha value is -1.57. The fraction of sp³-hybridized carbons (Fsp3) is 0.680. The van der Waals surface area contributed by atoms with Gasteiger partial charge in [0, 0.05) is 30.7 Å². The van der Waals surface area contributed by atoms with Crippen molar-refractivity contribution in [3.8, 4) is 5.75 Å². The lowest BCUT2D eigenvalue weighted by Gasteiger charge is -2.51. The molecule has 1 saturated heterocycles. The van der Waals surface area contributed by atoms with E-state index in [1.165, 1.54) is 0 Å². The average molecular weight is 465 g/mol. The van der Waals surface area contributed by atoms with Crippen LogP contribution in [0.3, 0.4) is 0 Å². The van der Waals surface area contributed by atoms with Gasteiger partial charge in [0.15, 0.2) is 0 Å². The van der Waals surface area contributed by atoms with E-state index >= 15 is 0 Å². The quantitative estimate of drug-likeness (QED) is 0.339. The molecule has 1 aromatic carbocycles. The normalized spacial score (nSPS) is 24.1. The number of para-hydroxylation sites is 1. The van der Waals surface area contributed by atoms with E-state index in [1.54, 1.807) is 12.1 Å². The number of esters is 1. The molecule has 1 fully saturated rings. The minimum absolute atomic E-state index is 0.00196. The summed E-state index contributed by atoms with van der Waals surface area (Å²) in [5.74, 6) is 0.0766. The maximum atomic E-state index is 13.3. The molecule has 0 bridgehead atoms. The van der Waals surface area contributed by atoms with Gasteiger partial charge in [0.05, 0.1) is 12.5 Å². The van der Waals surface area contributed by atoms with Gasteiger partial charge in [-0.25, -0.2) is 0 Å². The molecule has 32 heavy (non-hydrogen) atoms. The Morgan fingerprint density at radius 2 is 1.88 bits per heavy atom. The first-order chi connectivity index (χ1) is 14.8. The van der Waals surface area contributed by atoms with Crippen LogP contribution in [0, 0.1) is 17.8 Å². The van der Waals surface area contributed by atoms with Crippen LogP contribution in [0.5, 0.6) is 5.75 Å². The first-order valence-electron chi connectivity index (χ1n) is 11.4. The third kappa shape index (κ3) is 7.49. The summed E-state index contributed by atoms with van der Waals surface area (Å²) in [4.78, 5) is 30.5. The zero-order valence-corrected chi connectivity index (χ0v) is 21.5. The highest BCUT2D eigenvalue weighted by Crippen LogP contribution is 2.41. The molecule has 0 N–H and O–H groups in total. The standard InChI is InChI=1S/C25H40N2O4S/c1-18(2)21-17-27(22(28)16-24(3,4)32)25(5,30-14-13-26(6)7)15-20(21)23(29)31-19-11-9-8-10-12-19/h8-12,18,20-21,32H,13-17H2,1-7H3. The predicted molar refractivity (Wildman–Crippen MR) is 131 cm³/mol. The van der Waals surface area contributed by atoms with Crippen LogP contribution in [0.2, 0.25) is 0 Å². The number of likely N-dealkylation sites (N-methyl/N-ethyl adjacent to an activating group) is 1. The lowest BCUT2D eigenvalue weighted by molar-refractivity contribution is -0.203. The molecule has 3 atom stereocenters. The van der Waals surface area contributed by atoms with E-state index in [4.69, 9.17) is 9.47 Å². The molecule has 0 saturated carbocycles. The van der Waals surface area contributed by atoms with E-state index in [0.717, 1.165) is 6.54 Å². The predicted octanol–water partition coefficient (Wildman–Crippen LogP) is 4.11. The summed E-state index contributed by atoms with van der Waals surface area (Å²) in [5.41, 5.74) is -0.891. The van der Waals surface area contributed by atoms with Gasteiger partial charge in [-0.1, -0.05) is 45.9 Å². The van der Waals surface area contributed by atoms with E-state index in [-0.39, 0.29) is 29.6 Å². The van der Waals surface area contributed by atoms with Crippen molar-refractivity contribution in [3.63, 3.8) is 0 Å². The number of ether oxygens (including phenoxy) is 2. The molecule has 0 radical (unpaired) electrons. The van der Waals surface area contributed by atoms with Crippen LogP contribution >= 0.6 is 12.6 Å². The summed E-state index contributed by atoms with van der Waals surface area (Å²) >= 11 is 4.57. The number of hydrogen-bond acceptors (Lipinski definition) is 6. The van der Waals surface area contributed by atoms with Gasteiger partial charge in [-0.15, -0.1) is 0 Å². The monoisotopic (exact) mass is 464 g/mol. The molecular formula is C25H40N2O4S. The first kappa shape index (κ1) is 26.7. The second-order valence-electron chi connectivity index (χ2n) is 10.3. The number of amides is 1. The van der Waals surface area contributed by atoms with Gasteiger partial charge >= 0.3 is 5.97 Å². The van der Waals surface area contributed by atoms with E-state index in [9.17, 15) is 9.59 Å². The molecule has 3 unspecified atom stereocenters. The van der Waals surface area contributed by atoms with Crippen LogP contribution in [0.1, 0.15) is 47.5 Å². The largest absolute Gasteiger partial charge is 0.426 e. The Balaban J connectivity index is 2.31. The van der Waals surface area contributed by atoms with Gasteiger partial charge < -0.3 is 19.3 Å². The lowest BCUT2D eigenvalue weighted by Crippen LogP contribution is -2.62. The molecule has 0 spiro atoms. The van der Waals surface area contributed by atoms with Crippen molar-refractivity contribution in [3.05, 3.63) is 30.3 Å². The van der Waals surface area contributed by atoms with Gasteiger partial charge in [0.2, 0.25) is 5.91 Å². The number of carbonyl (C=O) groups excluding carboxylic acids is 2. The summed E-state index contributed by atoms with van der Waals surface area (Å²) in [6.45, 7) is 11.6. The Labute approximate surface area is 199 Å². The van der Waals surface area contributed by atoms with Gasteiger partial charge in [0.25, 0.3) is 0 Å². The Morgan fingerprint density at radius 3 is 2.41 bits per heavy atom. The smallest absolute Gasteiger partial charge is 0.314 e. The average Bonchev–Trinajstić information content (AvgIpc) is 2.66. The van der Waals surface area contributed by atoms with Crippen LogP contribution in [0.25, 0.3) is 0 Å². The highest BCUT2D eigenvalue weighted by molar-refractivity contribution is 7.81. The number of carbonyl (C=O) groups is 2. The molecule has 7 heteroatoms. The molecule has 1 aliphatic heterocycles. The Morgan fingerprint density at radius 1 is 1.25 bits per heavy atom. The fourth-order valence-corrected chi connectivity index (χ4v) is 4.37. The Bertz CT molecular complexity index is 763. The van der Waals surface area contributed by atoms with E-state index in [1.807, 2.05) is 62.9 Å². The molecule has 1 aliphatic rings. The molecule has 0 aliphatic carbocycles. The summed E-state index contributed by atoms with van der Waals surface area (Å²) in [6, 6.07) is 9.14. The van der Waals surface area contributed by atoms with Crippen molar-refractivity contribution < 1.29 is 19.1 Å². The van der Waals surface area contributed by atoms with E-state index in [2.05, 4.69) is 26.5 Å². The molecule has 180 valence electrons. The molecule has 6 nitrogen and oxygen atoms in total. The maximum absolute atomic E-state index is 13.3. The third-order valence-electron chi connectivity index (χ3n) is 6.04. The van der Waals surface area contributed by atoms with Crippen molar-refractivity contribution in [2.75, 3.05) is 33.8 Å². The maximum Gasteiger partial charge on any atom is 0.314 e. The molecular weight excluding hydrogens is 424 g/mol. The van der Waals surface area contributed by atoms with Crippen LogP contribution < -0.4 is 4.74 Å². The van der Waals surface area contributed by atoms with Gasteiger partial charge in [0.1, 0.15) is 11.5 Å². The molecule has 1 amide bonds. The second-order valence-corrected chi connectivity index (χ2v) is 11.5. The van der Waals surface area contributed by atoms with Gasteiger partial charge in [-0.2, -0.15) is 12.6 Å². The van der Waals surface area contributed by atoms with Crippen molar-refractivity contribution >= 4 is 24.5 Å². The van der Waals surface area contributed by atoms with E-state index in [0.29, 0.717) is 31.7 Å². The summed E-state index contributed by atoms with van der Waals surface area (Å²) in [7, 11) is 3.96. The molecule has 1 aromatic rings. The number of thiol groups is 1. The lowest BCUT2D eigenvalue weighted by atomic mass is 9.74. The van der Waals surface area contributed by atoms with Crippen LogP contribution in [-0.2, 0) is 14.3 Å². The zero-order chi connectivity index (χ0) is 24.1. The van der Waals surface area contributed by atoms with Crippen molar-refractivity contribution in [2.24, 2.45) is 17.8 Å². The summed E-state index contributed by atoms with van der Waals surface area (Å²) < 4.78 is 11.6. The number of hydrogen-bond donors (Lipinski definition) is 1. The Kier molecular flexibility index (Phi) is 9.20. The number of nitrogens with zero attached hydrogens (tertiary/aromatic N) is 2. The molecule has 2 rings (SSSR count).